The molecular weight excluding hydrogens is 262 g/mol. The van der Waals surface area contributed by atoms with Gasteiger partial charge in [0, 0.05) is 17.5 Å². The Kier molecular flexibility index (Phi) is 2.53. The molecule has 2 aromatic rings. The molecule has 0 radical (unpaired) electrons. The summed E-state index contributed by atoms with van der Waals surface area (Å²) in [5, 5.41) is 0. The predicted molar refractivity (Wildman–Crippen MR) is 83.1 cm³/mol. The molecule has 112 valence electrons. The first-order chi connectivity index (χ1) is 9.97. The number of imidazole rings is 2. The summed E-state index contributed by atoms with van der Waals surface area (Å²) in [6.07, 6.45) is 8.72. The van der Waals surface area contributed by atoms with Crippen LogP contribution in [0, 0.1) is 0 Å². The summed E-state index contributed by atoms with van der Waals surface area (Å²) in [7, 11) is 0. The van der Waals surface area contributed by atoms with E-state index in [1.807, 2.05) is 12.5 Å². The third-order valence-electron chi connectivity index (χ3n) is 4.38. The summed E-state index contributed by atoms with van der Waals surface area (Å²) < 4.78 is 4.50. The molecule has 0 spiro atoms. The monoisotopic (exact) mass is 285 g/mol. The molecule has 5 nitrogen and oxygen atoms in total. The van der Waals surface area contributed by atoms with Crippen LogP contribution in [0.4, 0.5) is 5.82 Å². The molecule has 5 heteroatoms. The van der Waals surface area contributed by atoms with Gasteiger partial charge in [0.05, 0.1) is 18.2 Å². The standard InChI is InChI=1S/C16H23N5/c1-16(2,3)15-19-13(14(17)21(15)11-6-7-11)12-8-18-9-20(12)10-4-5-10/h8-11H,4-7,17H2,1-3H3. The lowest BCUT2D eigenvalue weighted by atomic mass is 9.95. The van der Waals surface area contributed by atoms with Crippen LogP contribution in [0.5, 0.6) is 0 Å². The van der Waals surface area contributed by atoms with E-state index in [2.05, 4.69) is 34.9 Å². The van der Waals surface area contributed by atoms with Crippen LogP contribution in [0.1, 0.15) is 64.4 Å². The van der Waals surface area contributed by atoms with Crippen LogP contribution in [0.2, 0.25) is 0 Å². The summed E-state index contributed by atoms with van der Waals surface area (Å²) in [4.78, 5) is 9.25. The molecule has 0 aliphatic heterocycles. The maximum Gasteiger partial charge on any atom is 0.133 e. The molecule has 0 bridgehead atoms. The van der Waals surface area contributed by atoms with Gasteiger partial charge in [-0.15, -0.1) is 0 Å². The van der Waals surface area contributed by atoms with Crippen LogP contribution in [0.3, 0.4) is 0 Å². The van der Waals surface area contributed by atoms with Gasteiger partial charge >= 0.3 is 0 Å². The minimum absolute atomic E-state index is 0.000603. The van der Waals surface area contributed by atoms with Gasteiger partial charge in [-0.1, -0.05) is 20.8 Å². The van der Waals surface area contributed by atoms with Gasteiger partial charge < -0.3 is 14.9 Å². The van der Waals surface area contributed by atoms with E-state index in [1.54, 1.807) is 0 Å². The van der Waals surface area contributed by atoms with E-state index in [-0.39, 0.29) is 5.41 Å². The number of aromatic nitrogens is 4. The molecule has 2 aromatic heterocycles. The normalized spacial score (nSPS) is 19.2. The van der Waals surface area contributed by atoms with Crippen LogP contribution in [0.25, 0.3) is 11.4 Å². The molecule has 0 saturated heterocycles. The van der Waals surface area contributed by atoms with Crippen molar-refractivity contribution < 1.29 is 0 Å². The van der Waals surface area contributed by atoms with Crippen molar-refractivity contribution in [3.8, 4) is 11.4 Å². The predicted octanol–water partition coefficient (Wildman–Crippen LogP) is 3.30. The molecule has 2 N–H and O–H groups in total. The SMILES string of the molecule is CC(C)(C)c1nc(-c2cncn2C2CC2)c(N)n1C1CC1. The Labute approximate surface area is 125 Å². The minimum Gasteiger partial charge on any atom is -0.383 e. The second-order valence-corrected chi connectivity index (χ2v) is 7.44. The molecule has 2 aliphatic rings. The lowest BCUT2D eigenvalue weighted by Crippen LogP contribution is -2.19. The summed E-state index contributed by atoms with van der Waals surface area (Å²) in [6.45, 7) is 6.61. The zero-order valence-corrected chi connectivity index (χ0v) is 13.0. The molecule has 0 unspecified atom stereocenters. The lowest BCUT2D eigenvalue weighted by Gasteiger charge is -2.20. The number of hydrogen-bond donors (Lipinski definition) is 1. The van der Waals surface area contributed by atoms with Crippen LogP contribution < -0.4 is 5.73 Å². The van der Waals surface area contributed by atoms with E-state index < -0.39 is 0 Å². The molecule has 21 heavy (non-hydrogen) atoms. The van der Waals surface area contributed by atoms with Gasteiger partial charge in [-0.05, 0) is 25.7 Å². The maximum absolute atomic E-state index is 6.48. The summed E-state index contributed by atoms with van der Waals surface area (Å²) in [5.41, 5.74) is 8.46. The van der Waals surface area contributed by atoms with Crippen LogP contribution in [-0.4, -0.2) is 19.1 Å². The van der Waals surface area contributed by atoms with Gasteiger partial charge in [0.1, 0.15) is 17.3 Å². The second kappa shape index (κ2) is 4.12. The first-order valence-electron chi connectivity index (χ1n) is 7.87. The highest BCUT2D eigenvalue weighted by atomic mass is 15.2. The highest BCUT2D eigenvalue weighted by Crippen LogP contribution is 2.45. The van der Waals surface area contributed by atoms with Crippen molar-refractivity contribution in [1.29, 1.82) is 0 Å². The Balaban J connectivity index is 1.87. The molecule has 2 saturated carbocycles. The molecule has 2 fully saturated rings. The molecule has 4 rings (SSSR count). The molecule has 0 aromatic carbocycles. The number of hydrogen-bond acceptors (Lipinski definition) is 3. The van der Waals surface area contributed by atoms with Gasteiger partial charge in [-0.2, -0.15) is 0 Å². The van der Waals surface area contributed by atoms with Gasteiger partial charge in [0.25, 0.3) is 0 Å². The molecule has 0 atom stereocenters. The fraction of sp³-hybridized carbons (Fsp3) is 0.625. The quantitative estimate of drug-likeness (QED) is 0.941. The Morgan fingerprint density at radius 1 is 1.14 bits per heavy atom. The fourth-order valence-corrected chi connectivity index (χ4v) is 3.00. The van der Waals surface area contributed by atoms with E-state index in [9.17, 15) is 0 Å². The van der Waals surface area contributed by atoms with Gasteiger partial charge in [0.15, 0.2) is 0 Å². The third kappa shape index (κ3) is 2.06. The first kappa shape index (κ1) is 12.9. The number of anilines is 1. The zero-order chi connectivity index (χ0) is 14.8. The van der Waals surface area contributed by atoms with E-state index in [0.29, 0.717) is 12.1 Å². The first-order valence-corrected chi connectivity index (χ1v) is 7.87. The van der Waals surface area contributed by atoms with E-state index >= 15 is 0 Å². The van der Waals surface area contributed by atoms with Crippen molar-refractivity contribution in [3.05, 3.63) is 18.3 Å². The highest BCUT2D eigenvalue weighted by molar-refractivity contribution is 5.69. The Bertz CT molecular complexity index is 680. The average Bonchev–Trinajstić information content (AvgIpc) is 3.33. The van der Waals surface area contributed by atoms with Crippen molar-refractivity contribution in [2.45, 2.75) is 64.0 Å². The second-order valence-electron chi connectivity index (χ2n) is 7.44. The number of rotatable bonds is 3. The number of nitrogen functional groups attached to an aromatic ring is 1. The van der Waals surface area contributed by atoms with Crippen LogP contribution in [-0.2, 0) is 5.41 Å². The molecule has 2 aliphatic carbocycles. The van der Waals surface area contributed by atoms with Gasteiger partial charge in [0.2, 0.25) is 0 Å². The largest absolute Gasteiger partial charge is 0.383 e. The minimum atomic E-state index is -0.000603. The van der Waals surface area contributed by atoms with E-state index in [1.165, 1.54) is 25.7 Å². The summed E-state index contributed by atoms with van der Waals surface area (Å²) in [6, 6.07) is 1.13. The van der Waals surface area contributed by atoms with E-state index in [0.717, 1.165) is 23.0 Å². The highest BCUT2D eigenvalue weighted by Gasteiger charge is 2.35. The van der Waals surface area contributed by atoms with Crippen LogP contribution in [0.15, 0.2) is 12.5 Å². The average molecular weight is 285 g/mol. The van der Waals surface area contributed by atoms with Gasteiger partial charge in [-0.3, -0.25) is 0 Å². The zero-order valence-electron chi connectivity index (χ0n) is 13.0. The van der Waals surface area contributed by atoms with Crippen molar-refractivity contribution in [1.82, 2.24) is 19.1 Å². The summed E-state index contributed by atoms with van der Waals surface area (Å²) >= 11 is 0. The van der Waals surface area contributed by atoms with Crippen molar-refractivity contribution in [2.24, 2.45) is 0 Å². The summed E-state index contributed by atoms with van der Waals surface area (Å²) in [5.74, 6) is 1.91. The molecule has 2 heterocycles. The molecule has 0 amide bonds. The number of nitrogens with zero attached hydrogens (tertiary/aromatic N) is 4. The van der Waals surface area contributed by atoms with Crippen LogP contribution >= 0.6 is 0 Å². The topological polar surface area (TPSA) is 61.7 Å². The van der Waals surface area contributed by atoms with Gasteiger partial charge in [-0.25, -0.2) is 9.97 Å². The van der Waals surface area contributed by atoms with E-state index in [4.69, 9.17) is 10.7 Å². The molecular formula is C16H23N5. The third-order valence-corrected chi connectivity index (χ3v) is 4.38. The maximum atomic E-state index is 6.48. The van der Waals surface area contributed by atoms with Crippen molar-refractivity contribution in [2.75, 3.05) is 5.73 Å². The Morgan fingerprint density at radius 2 is 1.81 bits per heavy atom. The van der Waals surface area contributed by atoms with Crippen molar-refractivity contribution in [3.63, 3.8) is 0 Å². The fourth-order valence-electron chi connectivity index (χ4n) is 3.00. The smallest absolute Gasteiger partial charge is 0.133 e. The number of nitrogens with two attached hydrogens (primary N) is 1. The Hall–Kier alpha value is -1.78. The Morgan fingerprint density at radius 3 is 2.38 bits per heavy atom. The lowest BCUT2D eigenvalue weighted by molar-refractivity contribution is 0.504. The van der Waals surface area contributed by atoms with Crippen molar-refractivity contribution >= 4 is 5.82 Å².